The van der Waals surface area contributed by atoms with Gasteiger partial charge >= 0.3 is 0 Å². The summed E-state index contributed by atoms with van der Waals surface area (Å²) in [6.07, 6.45) is 0.427. The largest absolute Gasteiger partial charge is 0.391 e. The van der Waals surface area contributed by atoms with Crippen molar-refractivity contribution < 1.29 is 13.5 Å². The van der Waals surface area contributed by atoms with Crippen LogP contribution in [0.1, 0.15) is 12.5 Å². The molecule has 0 heterocycles. The van der Waals surface area contributed by atoms with Gasteiger partial charge in [-0.2, -0.15) is 0 Å². The van der Waals surface area contributed by atoms with E-state index in [0.717, 1.165) is 11.8 Å². The van der Waals surface area contributed by atoms with Crippen molar-refractivity contribution in [1.82, 2.24) is 0 Å². The van der Waals surface area contributed by atoms with Gasteiger partial charge < -0.3 is 5.11 Å². The molecule has 5 heteroatoms. The smallest absolute Gasteiger partial charge is 0.152 e. The fourth-order valence-corrected chi connectivity index (χ4v) is 2.22. The molecule has 0 aromatic heterocycles. The third-order valence-corrected chi connectivity index (χ3v) is 4.64. The molecule has 1 N–H and O–H groups in total. The van der Waals surface area contributed by atoms with Gasteiger partial charge in [0.1, 0.15) is 0 Å². The Labute approximate surface area is 101 Å². The molecule has 2 unspecified atom stereocenters. The van der Waals surface area contributed by atoms with E-state index >= 15 is 0 Å². The number of aliphatic hydroxyl groups excluding tert-OH is 1. The Bertz CT molecular complexity index is 456. The van der Waals surface area contributed by atoms with Crippen LogP contribution < -0.4 is 0 Å². The maximum absolute atomic E-state index is 11.3. The third kappa shape index (κ3) is 3.47. The summed E-state index contributed by atoms with van der Waals surface area (Å²) in [4.78, 5) is 0. The molecule has 90 valence electrons. The van der Waals surface area contributed by atoms with Crippen molar-refractivity contribution in [3.63, 3.8) is 0 Å². The van der Waals surface area contributed by atoms with Crippen LogP contribution in [-0.2, 0) is 16.3 Å². The zero-order valence-electron chi connectivity index (χ0n) is 9.22. The third-order valence-electron chi connectivity index (χ3n) is 2.60. The first kappa shape index (κ1) is 13.5. The number of rotatable bonds is 4. The van der Waals surface area contributed by atoms with E-state index in [1.165, 1.54) is 6.92 Å². The molecule has 0 aliphatic rings. The van der Waals surface area contributed by atoms with Crippen LogP contribution in [0, 0.1) is 0 Å². The molecule has 0 saturated heterocycles. The van der Waals surface area contributed by atoms with Crippen molar-refractivity contribution in [2.75, 3.05) is 6.26 Å². The molecule has 1 rings (SSSR count). The second-order valence-corrected chi connectivity index (χ2v) is 6.71. The summed E-state index contributed by atoms with van der Waals surface area (Å²) in [5.41, 5.74) is 0.757. The van der Waals surface area contributed by atoms with Crippen molar-refractivity contribution in [2.24, 2.45) is 0 Å². The molecule has 0 saturated carbocycles. The number of sulfone groups is 1. The Kier molecular flexibility index (Phi) is 4.35. The van der Waals surface area contributed by atoms with Gasteiger partial charge in [0.25, 0.3) is 0 Å². The van der Waals surface area contributed by atoms with Crippen LogP contribution in [0.4, 0.5) is 0 Å². The fraction of sp³-hybridized carbons (Fsp3) is 0.455. The lowest BCUT2D eigenvalue weighted by atomic mass is 10.1. The van der Waals surface area contributed by atoms with Gasteiger partial charge in [0.2, 0.25) is 0 Å². The first-order valence-corrected chi connectivity index (χ1v) is 7.26. The van der Waals surface area contributed by atoms with E-state index in [9.17, 15) is 13.5 Å². The van der Waals surface area contributed by atoms with Gasteiger partial charge in [-0.1, -0.05) is 29.8 Å². The Morgan fingerprint density at radius 2 is 1.94 bits per heavy atom. The quantitative estimate of drug-likeness (QED) is 0.898. The topological polar surface area (TPSA) is 54.4 Å². The normalized spacial score (nSPS) is 15.8. The number of halogens is 1. The van der Waals surface area contributed by atoms with Gasteiger partial charge in [0.05, 0.1) is 11.4 Å². The lowest BCUT2D eigenvalue weighted by molar-refractivity contribution is 0.173. The van der Waals surface area contributed by atoms with E-state index in [-0.39, 0.29) is 6.42 Å². The molecule has 0 fully saturated rings. The first-order chi connectivity index (χ1) is 7.32. The number of benzene rings is 1. The van der Waals surface area contributed by atoms with E-state index in [4.69, 9.17) is 11.6 Å². The Hall–Kier alpha value is -0.580. The van der Waals surface area contributed by atoms with Gasteiger partial charge in [0, 0.05) is 17.7 Å². The summed E-state index contributed by atoms with van der Waals surface area (Å²) >= 11 is 5.93. The average molecular weight is 263 g/mol. The molecule has 0 amide bonds. The molecule has 0 bridgehead atoms. The van der Waals surface area contributed by atoms with Crippen LogP contribution in [0.25, 0.3) is 0 Å². The molecule has 1 aromatic carbocycles. The fourth-order valence-electron chi connectivity index (χ4n) is 1.34. The van der Waals surface area contributed by atoms with E-state index in [1.807, 2.05) is 0 Å². The van der Waals surface area contributed by atoms with Crippen molar-refractivity contribution in [2.45, 2.75) is 24.7 Å². The van der Waals surface area contributed by atoms with Crippen LogP contribution >= 0.6 is 11.6 Å². The zero-order chi connectivity index (χ0) is 12.3. The van der Waals surface area contributed by atoms with E-state index < -0.39 is 21.2 Å². The van der Waals surface area contributed by atoms with Crippen LogP contribution in [0.2, 0.25) is 5.02 Å². The number of hydrogen-bond acceptors (Lipinski definition) is 3. The second kappa shape index (κ2) is 5.17. The zero-order valence-corrected chi connectivity index (χ0v) is 10.8. The van der Waals surface area contributed by atoms with Gasteiger partial charge in [0.15, 0.2) is 9.84 Å². The summed E-state index contributed by atoms with van der Waals surface area (Å²) in [7, 11) is -3.23. The van der Waals surface area contributed by atoms with Crippen LogP contribution in [0.3, 0.4) is 0 Å². The minimum atomic E-state index is -3.23. The maximum atomic E-state index is 11.3. The predicted molar refractivity (Wildman–Crippen MR) is 65.5 cm³/mol. The van der Waals surface area contributed by atoms with E-state index in [0.29, 0.717) is 5.02 Å². The lowest BCUT2D eigenvalue weighted by Gasteiger charge is -2.17. The molecular formula is C11H15ClO3S. The lowest BCUT2D eigenvalue weighted by Crippen LogP contribution is -2.32. The van der Waals surface area contributed by atoms with Crippen molar-refractivity contribution >= 4 is 21.4 Å². The summed E-state index contributed by atoms with van der Waals surface area (Å²) in [5, 5.41) is 9.55. The molecule has 16 heavy (non-hydrogen) atoms. The predicted octanol–water partition coefficient (Wildman–Crippen LogP) is 1.68. The van der Waals surface area contributed by atoms with E-state index in [2.05, 4.69) is 0 Å². The van der Waals surface area contributed by atoms with Gasteiger partial charge in [-0.25, -0.2) is 8.42 Å². The second-order valence-electron chi connectivity index (χ2n) is 3.90. The highest BCUT2D eigenvalue weighted by atomic mass is 35.5. The minimum Gasteiger partial charge on any atom is -0.391 e. The molecule has 0 aliphatic heterocycles. The van der Waals surface area contributed by atoms with E-state index in [1.54, 1.807) is 24.3 Å². The van der Waals surface area contributed by atoms with Gasteiger partial charge in [-0.05, 0) is 18.6 Å². The highest BCUT2D eigenvalue weighted by Crippen LogP contribution is 2.19. The maximum Gasteiger partial charge on any atom is 0.152 e. The number of hydrogen-bond donors (Lipinski definition) is 1. The Balaban J connectivity index is 2.80. The highest BCUT2D eigenvalue weighted by molar-refractivity contribution is 7.91. The molecule has 0 spiro atoms. The SMILES string of the molecule is CC(C(O)Cc1ccccc1Cl)S(C)(=O)=O. The van der Waals surface area contributed by atoms with Gasteiger partial charge in [-0.15, -0.1) is 0 Å². The Morgan fingerprint density at radius 1 is 1.38 bits per heavy atom. The van der Waals surface area contributed by atoms with Crippen LogP contribution in [0.5, 0.6) is 0 Å². The van der Waals surface area contributed by atoms with Crippen molar-refractivity contribution in [3.05, 3.63) is 34.9 Å². The molecule has 3 nitrogen and oxygen atoms in total. The Morgan fingerprint density at radius 3 is 2.44 bits per heavy atom. The first-order valence-electron chi connectivity index (χ1n) is 4.92. The average Bonchev–Trinajstić information content (AvgIpc) is 2.19. The number of aliphatic hydroxyl groups is 1. The van der Waals surface area contributed by atoms with Crippen LogP contribution in [-0.4, -0.2) is 31.1 Å². The summed E-state index contributed by atoms with van der Waals surface area (Å²) in [6.45, 7) is 1.50. The molecule has 2 atom stereocenters. The molecule has 0 aliphatic carbocycles. The minimum absolute atomic E-state index is 0.244. The summed E-state index contributed by atoms with van der Waals surface area (Å²) in [6, 6.07) is 7.09. The van der Waals surface area contributed by atoms with Crippen LogP contribution in [0.15, 0.2) is 24.3 Å². The molecule has 1 aromatic rings. The summed E-state index contributed by atoms with van der Waals surface area (Å²) < 4.78 is 22.5. The van der Waals surface area contributed by atoms with Crippen molar-refractivity contribution in [3.8, 4) is 0 Å². The molecule has 0 radical (unpaired) electrons. The van der Waals surface area contributed by atoms with Crippen molar-refractivity contribution in [1.29, 1.82) is 0 Å². The monoisotopic (exact) mass is 262 g/mol. The highest BCUT2D eigenvalue weighted by Gasteiger charge is 2.24. The van der Waals surface area contributed by atoms with Gasteiger partial charge in [-0.3, -0.25) is 0 Å². The molecular weight excluding hydrogens is 248 g/mol. The summed E-state index contributed by atoms with van der Waals surface area (Å²) in [5.74, 6) is 0. The standard InChI is InChI=1S/C11H15ClO3S/c1-8(16(2,14)15)11(13)7-9-5-3-4-6-10(9)12/h3-6,8,11,13H,7H2,1-2H3.